The second-order valence-corrected chi connectivity index (χ2v) is 6.52. The lowest BCUT2D eigenvalue weighted by atomic mass is 9.85. The Hall–Kier alpha value is -0.650. The van der Waals surface area contributed by atoms with Crippen molar-refractivity contribution in [3.63, 3.8) is 0 Å². The van der Waals surface area contributed by atoms with Gasteiger partial charge < -0.3 is 20.7 Å². The molecule has 112 valence electrons. The van der Waals surface area contributed by atoms with Crippen LogP contribution in [0.25, 0.3) is 0 Å². The van der Waals surface area contributed by atoms with Crippen LogP contribution in [0, 0.1) is 5.41 Å². The minimum absolute atomic E-state index is 0.00437. The van der Waals surface area contributed by atoms with E-state index in [1.807, 2.05) is 14.1 Å². The van der Waals surface area contributed by atoms with E-state index < -0.39 is 0 Å². The van der Waals surface area contributed by atoms with Gasteiger partial charge in [0.1, 0.15) is 6.10 Å². The van der Waals surface area contributed by atoms with Crippen molar-refractivity contribution in [2.45, 2.75) is 51.9 Å². The average Bonchev–Trinajstić information content (AvgIpc) is 2.75. The smallest absolute Gasteiger partial charge is 0.249 e. The van der Waals surface area contributed by atoms with Crippen LogP contribution < -0.4 is 11.1 Å². The van der Waals surface area contributed by atoms with Gasteiger partial charge in [-0.15, -0.1) is 0 Å². The number of nitrogens with zero attached hydrogens (tertiary/aromatic N) is 1. The van der Waals surface area contributed by atoms with Gasteiger partial charge in [-0.05, 0) is 39.3 Å². The first-order valence-corrected chi connectivity index (χ1v) is 7.07. The Kier molecular flexibility index (Phi) is 5.77. The fraction of sp³-hybridized carbons (Fsp3) is 0.929. The predicted molar refractivity (Wildman–Crippen MR) is 76.9 cm³/mol. The fourth-order valence-corrected chi connectivity index (χ4v) is 2.53. The maximum atomic E-state index is 12.2. The molecule has 0 radical (unpaired) electrons. The van der Waals surface area contributed by atoms with Crippen LogP contribution in [0.15, 0.2) is 0 Å². The first kappa shape index (κ1) is 16.4. The summed E-state index contributed by atoms with van der Waals surface area (Å²) in [5.41, 5.74) is 5.58. The SMILES string of the molecule is CC(NC(=O)[C@@H]1CC[C@H](CN)O1)C(C)(C)CN(C)C. The Morgan fingerprint density at radius 1 is 1.47 bits per heavy atom. The van der Waals surface area contributed by atoms with Crippen molar-refractivity contribution < 1.29 is 9.53 Å². The van der Waals surface area contributed by atoms with Crippen molar-refractivity contribution in [3.05, 3.63) is 0 Å². The number of amides is 1. The molecule has 5 heteroatoms. The Labute approximate surface area is 116 Å². The summed E-state index contributed by atoms with van der Waals surface area (Å²) in [6.45, 7) is 7.79. The molecule has 0 bridgehead atoms. The van der Waals surface area contributed by atoms with Crippen LogP contribution in [0.1, 0.15) is 33.6 Å². The molecule has 5 nitrogen and oxygen atoms in total. The van der Waals surface area contributed by atoms with E-state index in [1.54, 1.807) is 0 Å². The summed E-state index contributed by atoms with van der Waals surface area (Å²) >= 11 is 0. The van der Waals surface area contributed by atoms with Crippen molar-refractivity contribution in [1.82, 2.24) is 10.2 Å². The molecular weight excluding hydrogens is 242 g/mol. The minimum atomic E-state index is -0.328. The van der Waals surface area contributed by atoms with Crippen molar-refractivity contribution in [2.24, 2.45) is 11.1 Å². The molecular formula is C14H29N3O2. The molecule has 1 unspecified atom stereocenters. The third-order valence-electron chi connectivity index (χ3n) is 3.92. The van der Waals surface area contributed by atoms with E-state index in [4.69, 9.17) is 10.5 Å². The van der Waals surface area contributed by atoms with E-state index >= 15 is 0 Å². The van der Waals surface area contributed by atoms with Crippen molar-refractivity contribution in [2.75, 3.05) is 27.2 Å². The molecule has 0 saturated carbocycles. The molecule has 3 N–H and O–H groups in total. The number of hydrogen-bond acceptors (Lipinski definition) is 4. The summed E-state index contributed by atoms with van der Waals surface area (Å²) in [6, 6.07) is 0.0999. The topological polar surface area (TPSA) is 67.6 Å². The van der Waals surface area contributed by atoms with Gasteiger partial charge in [0.2, 0.25) is 5.91 Å². The Balaban J connectivity index is 2.48. The van der Waals surface area contributed by atoms with Crippen LogP contribution in [0.3, 0.4) is 0 Å². The molecule has 1 rings (SSSR count). The zero-order valence-corrected chi connectivity index (χ0v) is 12.9. The highest BCUT2D eigenvalue weighted by atomic mass is 16.5. The summed E-state index contributed by atoms with van der Waals surface area (Å²) < 4.78 is 5.62. The van der Waals surface area contributed by atoms with Crippen molar-refractivity contribution in [3.8, 4) is 0 Å². The monoisotopic (exact) mass is 271 g/mol. The average molecular weight is 271 g/mol. The quantitative estimate of drug-likeness (QED) is 0.742. The van der Waals surface area contributed by atoms with E-state index in [-0.39, 0.29) is 29.6 Å². The summed E-state index contributed by atoms with van der Waals surface area (Å²) in [6.07, 6.45) is 1.37. The maximum absolute atomic E-state index is 12.2. The van der Waals surface area contributed by atoms with Gasteiger partial charge in [0.25, 0.3) is 0 Å². The van der Waals surface area contributed by atoms with Crippen LogP contribution >= 0.6 is 0 Å². The van der Waals surface area contributed by atoms with Gasteiger partial charge in [0, 0.05) is 19.1 Å². The number of carbonyl (C=O) groups excluding carboxylic acids is 1. The summed E-state index contributed by atoms with van der Waals surface area (Å²) in [7, 11) is 4.09. The van der Waals surface area contributed by atoms with E-state index in [2.05, 4.69) is 31.0 Å². The number of hydrogen-bond donors (Lipinski definition) is 2. The molecule has 0 spiro atoms. The Morgan fingerprint density at radius 2 is 2.11 bits per heavy atom. The molecule has 0 aromatic carbocycles. The second-order valence-electron chi connectivity index (χ2n) is 6.52. The zero-order valence-electron chi connectivity index (χ0n) is 12.9. The highest BCUT2D eigenvalue weighted by molar-refractivity contribution is 5.81. The van der Waals surface area contributed by atoms with Gasteiger partial charge in [0.05, 0.1) is 6.10 Å². The van der Waals surface area contributed by atoms with Crippen LogP contribution in [0.2, 0.25) is 0 Å². The lowest BCUT2D eigenvalue weighted by Gasteiger charge is -2.35. The van der Waals surface area contributed by atoms with Crippen LogP contribution in [0.4, 0.5) is 0 Å². The largest absolute Gasteiger partial charge is 0.364 e. The zero-order chi connectivity index (χ0) is 14.6. The third kappa shape index (κ3) is 4.75. The molecule has 19 heavy (non-hydrogen) atoms. The third-order valence-corrected chi connectivity index (χ3v) is 3.92. The van der Waals surface area contributed by atoms with Crippen LogP contribution in [-0.2, 0) is 9.53 Å². The highest BCUT2D eigenvalue weighted by Gasteiger charge is 2.33. The van der Waals surface area contributed by atoms with E-state index in [0.717, 1.165) is 19.4 Å². The van der Waals surface area contributed by atoms with E-state index in [9.17, 15) is 4.79 Å². The van der Waals surface area contributed by atoms with Gasteiger partial charge in [-0.2, -0.15) is 0 Å². The molecule has 1 aliphatic rings. The number of ether oxygens (including phenoxy) is 1. The second kappa shape index (κ2) is 6.68. The lowest BCUT2D eigenvalue weighted by Crippen LogP contribution is -2.50. The fourth-order valence-electron chi connectivity index (χ4n) is 2.53. The summed E-state index contributed by atoms with van der Waals surface area (Å²) in [4.78, 5) is 14.3. The minimum Gasteiger partial charge on any atom is -0.364 e. The van der Waals surface area contributed by atoms with E-state index in [1.165, 1.54) is 0 Å². The molecule has 1 fully saturated rings. The van der Waals surface area contributed by atoms with Crippen LogP contribution in [0.5, 0.6) is 0 Å². The first-order valence-electron chi connectivity index (χ1n) is 7.07. The number of rotatable bonds is 6. The molecule has 1 heterocycles. The summed E-state index contributed by atoms with van der Waals surface area (Å²) in [5, 5.41) is 3.08. The summed E-state index contributed by atoms with van der Waals surface area (Å²) in [5.74, 6) is -0.00437. The molecule has 0 aromatic rings. The van der Waals surface area contributed by atoms with Gasteiger partial charge in [-0.3, -0.25) is 4.79 Å². The first-order chi connectivity index (χ1) is 8.76. The molecule has 1 aliphatic heterocycles. The molecule has 0 aromatic heterocycles. The van der Waals surface area contributed by atoms with Gasteiger partial charge in [-0.25, -0.2) is 0 Å². The Morgan fingerprint density at radius 3 is 2.58 bits per heavy atom. The standard InChI is InChI=1S/C14H29N3O2/c1-10(14(2,3)9-17(4)5)16-13(18)12-7-6-11(8-15)19-12/h10-12H,6-9,15H2,1-5H3,(H,16,18)/t10?,11-,12+/m1/s1. The maximum Gasteiger partial charge on any atom is 0.249 e. The number of nitrogens with one attached hydrogen (secondary N) is 1. The molecule has 1 saturated heterocycles. The highest BCUT2D eigenvalue weighted by Crippen LogP contribution is 2.23. The predicted octanol–water partition coefficient (Wildman–Crippen LogP) is 0.585. The molecule has 3 atom stereocenters. The molecule has 0 aliphatic carbocycles. The Bertz CT molecular complexity index is 305. The normalized spacial score (nSPS) is 25.6. The van der Waals surface area contributed by atoms with Crippen LogP contribution in [-0.4, -0.2) is 56.2 Å². The number of carbonyl (C=O) groups is 1. The van der Waals surface area contributed by atoms with Gasteiger partial charge in [0.15, 0.2) is 0 Å². The molecule has 1 amide bonds. The lowest BCUT2D eigenvalue weighted by molar-refractivity contribution is -0.133. The number of nitrogens with two attached hydrogens (primary N) is 1. The van der Waals surface area contributed by atoms with Crippen molar-refractivity contribution >= 4 is 5.91 Å². The van der Waals surface area contributed by atoms with Crippen molar-refractivity contribution in [1.29, 1.82) is 0 Å². The van der Waals surface area contributed by atoms with E-state index in [0.29, 0.717) is 6.54 Å². The van der Waals surface area contributed by atoms with Gasteiger partial charge in [-0.1, -0.05) is 13.8 Å². The van der Waals surface area contributed by atoms with Gasteiger partial charge >= 0.3 is 0 Å².